The molecule has 0 aromatic heterocycles. The Bertz CT molecular complexity index is 741. The summed E-state index contributed by atoms with van der Waals surface area (Å²) >= 11 is 0. The fraction of sp³-hybridized carbons (Fsp3) is 0.529. The molecule has 24 heavy (non-hydrogen) atoms. The maximum Gasteiger partial charge on any atom is 0.311 e. The zero-order valence-electron chi connectivity index (χ0n) is 14.2. The van der Waals surface area contributed by atoms with Crippen LogP contribution in [0.3, 0.4) is 0 Å². The molecule has 1 aliphatic heterocycles. The summed E-state index contributed by atoms with van der Waals surface area (Å²) in [6.07, 6.45) is -0.458. The zero-order valence-corrected chi connectivity index (χ0v) is 15.0. The molecular weight excluding hydrogens is 330 g/mol. The lowest BCUT2D eigenvalue weighted by atomic mass is 10.0. The molecule has 1 aliphatic rings. The highest BCUT2D eigenvalue weighted by Crippen LogP contribution is 2.13. The van der Waals surface area contributed by atoms with Crippen molar-refractivity contribution in [2.24, 2.45) is 0 Å². The molecule has 1 amide bonds. The molecule has 1 heterocycles. The van der Waals surface area contributed by atoms with Crippen LogP contribution in [-0.4, -0.2) is 43.9 Å². The van der Waals surface area contributed by atoms with E-state index < -0.39 is 33.9 Å². The average Bonchev–Trinajstić information content (AvgIpc) is 2.81. The SMILES string of the molecule is Cc1ccc(CC(=O)O[C@H](C)C(=O)N[C@H]2CCS(=O)(=O)C2)cc1C. The molecule has 2 rings (SSSR count). The molecule has 6 nitrogen and oxygen atoms in total. The Morgan fingerprint density at radius 3 is 2.58 bits per heavy atom. The quantitative estimate of drug-likeness (QED) is 0.800. The maximum absolute atomic E-state index is 12.0. The van der Waals surface area contributed by atoms with Crippen LogP contribution in [0.25, 0.3) is 0 Å². The van der Waals surface area contributed by atoms with Gasteiger partial charge in [0.25, 0.3) is 5.91 Å². The lowest BCUT2D eigenvalue weighted by Crippen LogP contribution is -2.42. The van der Waals surface area contributed by atoms with Gasteiger partial charge in [-0.2, -0.15) is 0 Å². The minimum Gasteiger partial charge on any atom is -0.452 e. The molecule has 1 aromatic carbocycles. The summed E-state index contributed by atoms with van der Waals surface area (Å²) in [6.45, 7) is 5.44. The minimum atomic E-state index is -3.06. The summed E-state index contributed by atoms with van der Waals surface area (Å²) in [5.74, 6) is -0.925. The van der Waals surface area contributed by atoms with E-state index in [1.165, 1.54) is 6.92 Å². The van der Waals surface area contributed by atoms with E-state index in [9.17, 15) is 18.0 Å². The lowest BCUT2D eigenvalue weighted by molar-refractivity contribution is -0.154. The summed E-state index contributed by atoms with van der Waals surface area (Å²) in [7, 11) is -3.06. The second-order valence-electron chi connectivity index (χ2n) is 6.34. The molecule has 1 fully saturated rings. The highest BCUT2D eigenvalue weighted by molar-refractivity contribution is 7.91. The second-order valence-corrected chi connectivity index (χ2v) is 8.56. The largest absolute Gasteiger partial charge is 0.452 e. The zero-order chi connectivity index (χ0) is 17.9. The van der Waals surface area contributed by atoms with Crippen molar-refractivity contribution in [3.63, 3.8) is 0 Å². The molecule has 0 aliphatic carbocycles. The monoisotopic (exact) mass is 353 g/mol. The molecule has 1 saturated heterocycles. The van der Waals surface area contributed by atoms with Crippen molar-refractivity contribution in [2.75, 3.05) is 11.5 Å². The second kappa shape index (κ2) is 7.34. The molecule has 1 N–H and O–H groups in total. The highest BCUT2D eigenvalue weighted by Gasteiger charge is 2.30. The van der Waals surface area contributed by atoms with Crippen molar-refractivity contribution in [1.29, 1.82) is 0 Å². The topological polar surface area (TPSA) is 89.5 Å². The van der Waals surface area contributed by atoms with Gasteiger partial charge in [0.1, 0.15) is 0 Å². The summed E-state index contributed by atoms with van der Waals surface area (Å²) in [6, 6.07) is 5.32. The van der Waals surface area contributed by atoms with E-state index in [0.717, 1.165) is 16.7 Å². The third-order valence-corrected chi connectivity index (χ3v) is 5.94. The van der Waals surface area contributed by atoms with E-state index in [1.807, 2.05) is 32.0 Å². The predicted octanol–water partition coefficient (Wildman–Crippen LogP) is 1.08. The van der Waals surface area contributed by atoms with Crippen LogP contribution in [0.2, 0.25) is 0 Å². The highest BCUT2D eigenvalue weighted by atomic mass is 32.2. The summed E-state index contributed by atoms with van der Waals surface area (Å²) in [5, 5.41) is 2.62. The van der Waals surface area contributed by atoms with Crippen molar-refractivity contribution in [1.82, 2.24) is 5.32 Å². The lowest BCUT2D eigenvalue weighted by Gasteiger charge is -2.16. The molecule has 0 saturated carbocycles. The molecule has 0 radical (unpaired) electrons. The van der Waals surface area contributed by atoms with Crippen LogP contribution in [0.4, 0.5) is 0 Å². The Labute approximate surface area is 142 Å². The Morgan fingerprint density at radius 2 is 2.00 bits per heavy atom. The van der Waals surface area contributed by atoms with Gasteiger partial charge in [-0.15, -0.1) is 0 Å². The van der Waals surface area contributed by atoms with Gasteiger partial charge >= 0.3 is 5.97 Å². The average molecular weight is 353 g/mol. The molecule has 0 unspecified atom stereocenters. The Kier molecular flexibility index (Phi) is 5.64. The molecule has 132 valence electrons. The number of sulfone groups is 1. The summed E-state index contributed by atoms with van der Waals surface area (Å²) < 4.78 is 27.9. The number of carbonyl (C=O) groups excluding carboxylic acids is 2. The van der Waals surface area contributed by atoms with Gasteiger partial charge < -0.3 is 10.1 Å². The van der Waals surface area contributed by atoms with Gasteiger partial charge in [0.2, 0.25) is 0 Å². The summed E-state index contributed by atoms with van der Waals surface area (Å²) in [5.41, 5.74) is 3.07. The third kappa shape index (κ3) is 5.06. The number of aryl methyl sites for hydroxylation is 2. The van der Waals surface area contributed by atoms with Crippen LogP contribution in [0.1, 0.15) is 30.0 Å². The number of nitrogens with one attached hydrogen (secondary N) is 1. The number of rotatable bonds is 5. The predicted molar refractivity (Wildman–Crippen MR) is 90.4 cm³/mol. The van der Waals surface area contributed by atoms with Gasteiger partial charge in [-0.25, -0.2) is 8.42 Å². The standard InChI is InChI=1S/C17H23NO5S/c1-11-4-5-14(8-12(11)2)9-16(19)23-13(3)17(20)18-15-6-7-24(21,22)10-15/h4-5,8,13,15H,6-7,9-10H2,1-3H3,(H,18,20)/t13-,15+/m1/s1. The number of hydrogen-bond donors (Lipinski definition) is 1. The number of ether oxygens (including phenoxy) is 1. The fourth-order valence-electron chi connectivity index (χ4n) is 2.60. The van der Waals surface area contributed by atoms with Gasteiger partial charge in [-0.05, 0) is 43.9 Å². The van der Waals surface area contributed by atoms with E-state index >= 15 is 0 Å². The van der Waals surface area contributed by atoms with Crippen LogP contribution in [-0.2, 0) is 30.6 Å². The number of benzene rings is 1. The van der Waals surface area contributed by atoms with Crippen LogP contribution in [0.5, 0.6) is 0 Å². The van der Waals surface area contributed by atoms with Gasteiger partial charge in [0.05, 0.1) is 17.9 Å². The molecular formula is C17H23NO5S. The van der Waals surface area contributed by atoms with Crippen LogP contribution < -0.4 is 5.32 Å². The van der Waals surface area contributed by atoms with E-state index in [0.29, 0.717) is 6.42 Å². The van der Waals surface area contributed by atoms with Gasteiger partial charge in [0, 0.05) is 6.04 Å². The Hall–Kier alpha value is -1.89. The fourth-order valence-corrected chi connectivity index (χ4v) is 4.27. The van der Waals surface area contributed by atoms with Crippen molar-refractivity contribution in [3.8, 4) is 0 Å². The maximum atomic E-state index is 12.0. The smallest absolute Gasteiger partial charge is 0.311 e. The Morgan fingerprint density at radius 1 is 1.29 bits per heavy atom. The van der Waals surface area contributed by atoms with E-state index in [4.69, 9.17) is 4.74 Å². The van der Waals surface area contributed by atoms with E-state index in [1.54, 1.807) is 0 Å². The van der Waals surface area contributed by atoms with Gasteiger partial charge in [-0.1, -0.05) is 18.2 Å². The number of amides is 1. The first-order chi connectivity index (χ1) is 11.2. The van der Waals surface area contributed by atoms with E-state index in [2.05, 4.69) is 5.32 Å². The number of esters is 1. The van der Waals surface area contributed by atoms with Crippen molar-refractivity contribution < 1.29 is 22.7 Å². The first kappa shape index (κ1) is 18.4. The molecule has 7 heteroatoms. The first-order valence-electron chi connectivity index (χ1n) is 7.93. The molecule has 0 spiro atoms. The van der Waals surface area contributed by atoms with Crippen LogP contribution >= 0.6 is 0 Å². The number of carbonyl (C=O) groups is 2. The van der Waals surface area contributed by atoms with E-state index in [-0.39, 0.29) is 17.9 Å². The first-order valence-corrected chi connectivity index (χ1v) is 9.75. The summed E-state index contributed by atoms with van der Waals surface area (Å²) in [4.78, 5) is 24.0. The van der Waals surface area contributed by atoms with Gasteiger partial charge in [-0.3, -0.25) is 9.59 Å². The molecule has 1 aromatic rings. The Balaban J connectivity index is 1.84. The third-order valence-electron chi connectivity index (χ3n) is 4.18. The van der Waals surface area contributed by atoms with Crippen molar-refractivity contribution >= 4 is 21.7 Å². The van der Waals surface area contributed by atoms with Gasteiger partial charge in [0.15, 0.2) is 15.9 Å². The normalized spacial score (nSPS) is 20.4. The minimum absolute atomic E-state index is 0.0535. The van der Waals surface area contributed by atoms with Crippen molar-refractivity contribution in [2.45, 2.75) is 45.8 Å². The molecule has 2 atom stereocenters. The van der Waals surface area contributed by atoms with Crippen molar-refractivity contribution in [3.05, 3.63) is 34.9 Å². The molecule has 0 bridgehead atoms. The van der Waals surface area contributed by atoms with Crippen LogP contribution in [0.15, 0.2) is 18.2 Å². The van der Waals surface area contributed by atoms with Crippen LogP contribution in [0, 0.1) is 13.8 Å². The number of hydrogen-bond acceptors (Lipinski definition) is 5.